The minimum Gasteiger partial charge on any atom is -0.396 e. The number of nitrogens with zero attached hydrogens (tertiary/aromatic N) is 1. The number of imidazole rings is 1. The first-order valence-corrected chi connectivity index (χ1v) is 6.36. The van der Waals surface area contributed by atoms with E-state index in [0.29, 0.717) is 0 Å². The molecule has 0 saturated carbocycles. The van der Waals surface area contributed by atoms with E-state index < -0.39 is 0 Å². The van der Waals surface area contributed by atoms with Crippen LogP contribution in [0.1, 0.15) is 12.2 Å². The molecule has 0 radical (unpaired) electrons. The second kappa shape index (κ2) is 4.92. The number of halogens is 1. The molecule has 3 nitrogen and oxygen atoms in total. The summed E-state index contributed by atoms with van der Waals surface area (Å²) in [6.07, 6.45) is 3.38. The Labute approximate surface area is 100 Å². The molecule has 0 amide bonds. The zero-order valence-corrected chi connectivity index (χ0v) is 10.4. The van der Waals surface area contributed by atoms with Crippen LogP contribution in [0.2, 0.25) is 0 Å². The zero-order valence-electron chi connectivity index (χ0n) is 8.03. The highest BCUT2D eigenvalue weighted by Crippen LogP contribution is 2.28. The molecule has 0 aliphatic rings. The van der Waals surface area contributed by atoms with Crippen LogP contribution in [0.15, 0.2) is 22.1 Å². The second-order valence-corrected chi connectivity index (χ2v) is 5.03. The molecule has 15 heavy (non-hydrogen) atoms. The van der Waals surface area contributed by atoms with Crippen LogP contribution in [-0.4, -0.2) is 21.7 Å². The number of rotatable bonds is 4. The fourth-order valence-corrected chi connectivity index (χ4v) is 2.71. The van der Waals surface area contributed by atoms with Crippen molar-refractivity contribution in [2.24, 2.45) is 0 Å². The predicted octanol–water partition coefficient (Wildman–Crippen LogP) is 2.83. The normalized spacial score (nSPS) is 10.8. The summed E-state index contributed by atoms with van der Waals surface area (Å²) < 4.78 is 1.09. The molecule has 2 rings (SSSR count). The van der Waals surface area contributed by atoms with E-state index in [2.05, 4.69) is 32.0 Å². The SMILES string of the molecule is OCCCc1ncc(-c2cc(Br)cs2)[nH]1. The first kappa shape index (κ1) is 10.9. The summed E-state index contributed by atoms with van der Waals surface area (Å²) in [6, 6.07) is 2.06. The fourth-order valence-electron chi connectivity index (χ4n) is 1.32. The summed E-state index contributed by atoms with van der Waals surface area (Å²) >= 11 is 5.09. The van der Waals surface area contributed by atoms with Crippen molar-refractivity contribution in [3.8, 4) is 10.6 Å². The average molecular weight is 287 g/mol. The van der Waals surface area contributed by atoms with Gasteiger partial charge in [-0.15, -0.1) is 11.3 Å². The maximum Gasteiger partial charge on any atom is 0.106 e. The minimum absolute atomic E-state index is 0.209. The molecule has 0 fully saturated rings. The summed E-state index contributed by atoms with van der Waals surface area (Å²) in [5, 5.41) is 10.8. The highest BCUT2D eigenvalue weighted by Gasteiger charge is 2.05. The minimum atomic E-state index is 0.209. The van der Waals surface area contributed by atoms with Gasteiger partial charge < -0.3 is 10.1 Å². The molecule has 0 unspecified atom stereocenters. The maximum atomic E-state index is 8.71. The van der Waals surface area contributed by atoms with Crippen molar-refractivity contribution in [1.29, 1.82) is 0 Å². The van der Waals surface area contributed by atoms with Gasteiger partial charge in [-0.3, -0.25) is 0 Å². The van der Waals surface area contributed by atoms with Crippen LogP contribution in [0.4, 0.5) is 0 Å². The van der Waals surface area contributed by atoms with Crippen molar-refractivity contribution >= 4 is 27.3 Å². The Bertz CT molecular complexity index is 438. The van der Waals surface area contributed by atoms with Crippen LogP contribution in [0, 0.1) is 0 Å². The number of nitrogens with one attached hydrogen (secondary N) is 1. The van der Waals surface area contributed by atoms with Gasteiger partial charge in [0, 0.05) is 22.9 Å². The Morgan fingerprint density at radius 3 is 3.07 bits per heavy atom. The van der Waals surface area contributed by atoms with Gasteiger partial charge in [0.05, 0.1) is 16.8 Å². The highest BCUT2D eigenvalue weighted by molar-refractivity contribution is 9.10. The van der Waals surface area contributed by atoms with Crippen LogP contribution < -0.4 is 0 Å². The van der Waals surface area contributed by atoms with Crippen molar-refractivity contribution < 1.29 is 5.11 Å². The largest absolute Gasteiger partial charge is 0.396 e. The fraction of sp³-hybridized carbons (Fsp3) is 0.300. The van der Waals surface area contributed by atoms with Crippen molar-refractivity contribution in [1.82, 2.24) is 9.97 Å². The smallest absolute Gasteiger partial charge is 0.106 e. The van der Waals surface area contributed by atoms with Crippen molar-refractivity contribution in [3.63, 3.8) is 0 Å². The van der Waals surface area contributed by atoms with Crippen LogP contribution in [-0.2, 0) is 6.42 Å². The molecule has 2 aromatic heterocycles. The lowest BCUT2D eigenvalue weighted by Gasteiger charge is -1.92. The Kier molecular flexibility index (Phi) is 3.56. The molecule has 2 N–H and O–H groups in total. The van der Waals surface area contributed by atoms with E-state index in [9.17, 15) is 0 Å². The summed E-state index contributed by atoms with van der Waals surface area (Å²) in [5.74, 6) is 0.934. The van der Waals surface area contributed by atoms with Gasteiger partial charge in [-0.2, -0.15) is 0 Å². The number of aliphatic hydroxyl groups excluding tert-OH is 1. The molecular formula is C10H11BrN2OS. The second-order valence-electron chi connectivity index (χ2n) is 3.20. The molecule has 5 heteroatoms. The Balaban J connectivity index is 2.13. The third-order valence-corrected chi connectivity index (χ3v) is 3.76. The number of aromatic amines is 1. The Morgan fingerprint density at radius 2 is 2.40 bits per heavy atom. The van der Waals surface area contributed by atoms with E-state index in [0.717, 1.165) is 28.8 Å². The third-order valence-electron chi connectivity index (χ3n) is 2.03. The summed E-state index contributed by atoms with van der Waals surface area (Å²) in [4.78, 5) is 8.68. The van der Waals surface area contributed by atoms with Gasteiger partial charge in [-0.1, -0.05) is 0 Å². The first-order chi connectivity index (χ1) is 7.29. The Morgan fingerprint density at radius 1 is 1.53 bits per heavy atom. The van der Waals surface area contributed by atoms with Gasteiger partial charge >= 0.3 is 0 Å². The summed E-state index contributed by atoms with van der Waals surface area (Å²) in [7, 11) is 0. The molecule has 0 bridgehead atoms. The summed E-state index contributed by atoms with van der Waals surface area (Å²) in [6.45, 7) is 0.209. The van der Waals surface area contributed by atoms with Crippen LogP contribution in [0.3, 0.4) is 0 Å². The molecule has 0 aromatic carbocycles. The lowest BCUT2D eigenvalue weighted by atomic mass is 10.3. The molecule has 2 heterocycles. The summed E-state index contributed by atoms with van der Waals surface area (Å²) in [5.41, 5.74) is 1.04. The van der Waals surface area contributed by atoms with Gasteiger partial charge in [0.15, 0.2) is 0 Å². The topological polar surface area (TPSA) is 48.9 Å². The number of aliphatic hydroxyl groups is 1. The molecule has 0 spiro atoms. The maximum absolute atomic E-state index is 8.71. The van der Waals surface area contributed by atoms with Crippen LogP contribution in [0.5, 0.6) is 0 Å². The lowest BCUT2D eigenvalue weighted by Crippen LogP contribution is -1.91. The van der Waals surface area contributed by atoms with E-state index in [4.69, 9.17) is 5.11 Å². The molecule has 80 valence electrons. The lowest BCUT2D eigenvalue weighted by molar-refractivity contribution is 0.287. The van der Waals surface area contributed by atoms with Crippen LogP contribution in [0.25, 0.3) is 10.6 Å². The number of hydrogen-bond donors (Lipinski definition) is 2. The zero-order chi connectivity index (χ0) is 10.7. The predicted molar refractivity (Wildman–Crippen MR) is 65.0 cm³/mol. The van der Waals surface area contributed by atoms with Gasteiger partial charge in [0.25, 0.3) is 0 Å². The van der Waals surface area contributed by atoms with Crippen molar-refractivity contribution in [2.75, 3.05) is 6.61 Å². The number of aromatic nitrogens is 2. The van der Waals surface area contributed by atoms with Crippen LogP contribution >= 0.6 is 27.3 Å². The standard InChI is InChI=1S/C10H11BrN2OS/c11-7-4-9(15-6-7)8-5-12-10(13-8)2-1-3-14/h4-6,14H,1-3H2,(H,12,13). The van der Waals surface area contributed by atoms with E-state index in [1.807, 2.05) is 11.6 Å². The van der Waals surface area contributed by atoms with Crippen molar-refractivity contribution in [3.05, 3.63) is 27.9 Å². The third kappa shape index (κ3) is 2.68. The van der Waals surface area contributed by atoms with Gasteiger partial charge in [0.1, 0.15) is 5.82 Å². The first-order valence-electron chi connectivity index (χ1n) is 4.69. The Hall–Kier alpha value is -0.650. The number of H-pyrrole nitrogens is 1. The van der Waals surface area contributed by atoms with Gasteiger partial charge in [0.2, 0.25) is 0 Å². The molecule has 0 saturated heterocycles. The molecule has 0 aliphatic carbocycles. The monoisotopic (exact) mass is 286 g/mol. The van der Waals surface area contributed by atoms with E-state index in [1.165, 1.54) is 4.88 Å². The van der Waals surface area contributed by atoms with Gasteiger partial charge in [-0.05, 0) is 28.4 Å². The van der Waals surface area contributed by atoms with E-state index >= 15 is 0 Å². The molecule has 2 aromatic rings. The van der Waals surface area contributed by atoms with E-state index in [-0.39, 0.29) is 6.61 Å². The number of hydrogen-bond acceptors (Lipinski definition) is 3. The van der Waals surface area contributed by atoms with Crippen molar-refractivity contribution in [2.45, 2.75) is 12.8 Å². The quantitative estimate of drug-likeness (QED) is 0.908. The van der Waals surface area contributed by atoms with E-state index in [1.54, 1.807) is 11.3 Å². The molecular weight excluding hydrogens is 276 g/mol. The highest BCUT2D eigenvalue weighted by atomic mass is 79.9. The number of thiophene rings is 1. The molecule has 0 atom stereocenters. The number of aryl methyl sites for hydroxylation is 1. The average Bonchev–Trinajstić information content (AvgIpc) is 2.83. The molecule has 0 aliphatic heterocycles. The van der Waals surface area contributed by atoms with Gasteiger partial charge in [-0.25, -0.2) is 4.98 Å².